The van der Waals surface area contributed by atoms with Gasteiger partial charge in [-0.2, -0.15) is 0 Å². The van der Waals surface area contributed by atoms with E-state index in [1.807, 2.05) is 0 Å². The first-order valence-corrected chi connectivity index (χ1v) is 7.49. The van der Waals surface area contributed by atoms with Crippen LogP contribution >= 0.6 is 0 Å². The maximum atomic E-state index is 11.0. The van der Waals surface area contributed by atoms with Gasteiger partial charge in [0.25, 0.3) is 0 Å². The molecule has 0 aromatic rings. The Morgan fingerprint density at radius 3 is 2.60 bits per heavy atom. The second kappa shape index (κ2) is 5.27. The Bertz CT molecular complexity index is 288. The topological polar surface area (TPSA) is 49.4 Å². The maximum Gasteiger partial charge on any atom is 0.208 e. The minimum Gasteiger partial charge on any atom is -0.297 e. The number of nitrogens with zero attached hydrogens (tertiary/aromatic N) is 1. The second-order valence-electron chi connectivity index (χ2n) is 4.60. The number of nitrogens with one attached hydrogen (secondary N) is 1. The van der Waals surface area contributed by atoms with Gasteiger partial charge in [-0.05, 0) is 33.2 Å². The fourth-order valence-corrected chi connectivity index (χ4v) is 2.66. The van der Waals surface area contributed by atoms with Crippen molar-refractivity contribution in [1.82, 2.24) is 9.62 Å². The van der Waals surface area contributed by atoms with Crippen LogP contribution in [-0.2, 0) is 10.0 Å². The van der Waals surface area contributed by atoms with E-state index >= 15 is 0 Å². The molecule has 1 aliphatic heterocycles. The standard InChI is InChI=1S/C10H22N2O2S/c1-9(2)12-7-5-4-6-10(12)8-11-15(3,13)14/h9-11H,4-8H2,1-3H3. The van der Waals surface area contributed by atoms with E-state index in [0.29, 0.717) is 18.6 Å². The van der Waals surface area contributed by atoms with Gasteiger partial charge in [-0.3, -0.25) is 4.90 Å². The molecule has 0 spiro atoms. The molecule has 1 aliphatic rings. The van der Waals surface area contributed by atoms with E-state index < -0.39 is 10.0 Å². The van der Waals surface area contributed by atoms with Gasteiger partial charge in [-0.1, -0.05) is 6.42 Å². The second-order valence-corrected chi connectivity index (χ2v) is 6.43. The first kappa shape index (κ1) is 12.9. The van der Waals surface area contributed by atoms with Crippen molar-refractivity contribution in [2.75, 3.05) is 19.3 Å². The Hall–Kier alpha value is -0.130. The molecule has 15 heavy (non-hydrogen) atoms. The molecule has 0 saturated carbocycles. The van der Waals surface area contributed by atoms with Gasteiger partial charge in [0.15, 0.2) is 0 Å². The van der Waals surface area contributed by atoms with Crippen LogP contribution in [0.4, 0.5) is 0 Å². The maximum absolute atomic E-state index is 11.0. The van der Waals surface area contributed by atoms with Crippen LogP contribution in [0.1, 0.15) is 33.1 Å². The van der Waals surface area contributed by atoms with E-state index in [2.05, 4.69) is 23.5 Å². The molecule has 0 radical (unpaired) electrons. The molecule has 0 aromatic carbocycles. The summed E-state index contributed by atoms with van der Waals surface area (Å²) in [5, 5.41) is 0. The molecule has 0 aromatic heterocycles. The quantitative estimate of drug-likeness (QED) is 0.783. The molecule has 1 atom stereocenters. The lowest BCUT2D eigenvalue weighted by atomic mass is 10.0. The highest BCUT2D eigenvalue weighted by Crippen LogP contribution is 2.18. The molecule has 0 bridgehead atoms. The molecular formula is C10H22N2O2S. The van der Waals surface area contributed by atoms with Gasteiger partial charge in [0.2, 0.25) is 10.0 Å². The Labute approximate surface area is 93.1 Å². The summed E-state index contributed by atoms with van der Waals surface area (Å²) in [4.78, 5) is 2.39. The van der Waals surface area contributed by atoms with E-state index in [4.69, 9.17) is 0 Å². The largest absolute Gasteiger partial charge is 0.297 e. The molecule has 1 rings (SSSR count). The summed E-state index contributed by atoms with van der Waals surface area (Å²) in [5.74, 6) is 0. The average Bonchev–Trinajstić information content (AvgIpc) is 2.14. The monoisotopic (exact) mass is 234 g/mol. The van der Waals surface area contributed by atoms with Crippen molar-refractivity contribution in [2.45, 2.75) is 45.2 Å². The van der Waals surface area contributed by atoms with E-state index in [9.17, 15) is 8.42 Å². The van der Waals surface area contributed by atoms with Crippen LogP contribution < -0.4 is 4.72 Å². The molecule has 0 amide bonds. The molecule has 1 N–H and O–H groups in total. The van der Waals surface area contributed by atoms with Gasteiger partial charge < -0.3 is 0 Å². The third-order valence-corrected chi connectivity index (χ3v) is 3.61. The van der Waals surface area contributed by atoms with Crippen LogP contribution in [0, 0.1) is 0 Å². The number of rotatable bonds is 4. The van der Waals surface area contributed by atoms with Crippen molar-refractivity contribution in [3.05, 3.63) is 0 Å². The van der Waals surface area contributed by atoms with Gasteiger partial charge >= 0.3 is 0 Å². The summed E-state index contributed by atoms with van der Waals surface area (Å²) >= 11 is 0. The SMILES string of the molecule is CC(C)N1CCCCC1CNS(C)(=O)=O. The summed E-state index contributed by atoms with van der Waals surface area (Å²) in [6, 6.07) is 0.866. The Morgan fingerprint density at radius 2 is 2.07 bits per heavy atom. The molecule has 1 fully saturated rings. The summed E-state index contributed by atoms with van der Waals surface area (Å²) in [6.07, 6.45) is 4.75. The van der Waals surface area contributed by atoms with Gasteiger partial charge in [0, 0.05) is 18.6 Å². The third kappa shape index (κ3) is 4.49. The zero-order valence-corrected chi connectivity index (χ0v) is 10.7. The Balaban J connectivity index is 2.50. The number of hydrogen-bond donors (Lipinski definition) is 1. The smallest absolute Gasteiger partial charge is 0.208 e. The summed E-state index contributed by atoms with van der Waals surface area (Å²) in [5.41, 5.74) is 0. The minimum atomic E-state index is -3.05. The lowest BCUT2D eigenvalue weighted by Gasteiger charge is -2.38. The number of hydrogen-bond acceptors (Lipinski definition) is 3. The summed E-state index contributed by atoms with van der Waals surface area (Å²) in [6.45, 7) is 5.97. The fourth-order valence-electron chi connectivity index (χ4n) is 2.17. The molecule has 5 heteroatoms. The molecule has 1 unspecified atom stereocenters. The van der Waals surface area contributed by atoms with Crippen molar-refractivity contribution in [2.24, 2.45) is 0 Å². The molecule has 1 heterocycles. The predicted molar refractivity (Wildman–Crippen MR) is 62.3 cm³/mol. The molecule has 90 valence electrons. The van der Waals surface area contributed by atoms with Gasteiger partial charge in [-0.15, -0.1) is 0 Å². The van der Waals surface area contributed by atoms with Crippen LogP contribution in [0.25, 0.3) is 0 Å². The third-order valence-electron chi connectivity index (χ3n) is 2.92. The highest BCUT2D eigenvalue weighted by atomic mass is 32.2. The highest BCUT2D eigenvalue weighted by molar-refractivity contribution is 7.88. The number of likely N-dealkylation sites (tertiary alicyclic amines) is 1. The lowest BCUT2D eigenvalue weighted by molar-refractivity contribution is 0.114. The zero-order chi connectivity index (χ0) is 11.5. The van der Waals surface area contributed by atoms with Crippen molar-refractivity contribution in [1.29, 1.82) is 0 Å². The normalized spacial score (nSPS) is 24.7. The molecular weight excluding hydrogens is 212 g/mol. The molecule has 1 saturated heterocycles. The van der Waals surface area contributed by atoms with E-state index in [0.717, 1.165) is 13.0 Å². The zero-order valence-electron chi connectivity index (χ0n) is 9.86. The van der Waals surface area contributed by atoms with Crippen molar-refractivity contribution in [3.63, 3.8) is 0 Å². The van der Waals surface area contributed by atoms with Crippen LogP contribution in [0.15, 0.2) is 0 Å². The first-order valence-electron chi connectivity index (χ1n) is 5.60. The van der Waals surface area contributed by atoms with Gasteiger partial charge in [0.1, 0.15) is 0 Å². The van der Waals surface area contributed by atoms with Crippen LogP contribution in [0.2, 0.25) is 0 Å². The van der Waals surface area contributed by atoms with Gasteiger partial charge in [-0.25, -0.2) is 13.1 Å². The van der Waals surface area contributed by atoms with Crippen molar-refractivity contribution >= 4 is 10.0 Å². The molecule has 0 aliphatic carbocycles. The van der Waals surface area contributed by atoms with Crippen molar-refractivity contribution < 1.29 is 8.42 Å². The number of piperidine rings is 1. The highest BCUT2D eigenvalue weighted by Gasteiger charge is 2.24. The Kier molecular flexibility index (Phi) is 4.55. The minimum absolute atomic E-state index is 0.369. The average molecular weight is 234 g/mol. The van der Waals surface area contributed by atoms with Gasteiger partial charge in [0.05, 0.1) is 6.26 Å². The Morgan fingerprint density at radius 1 is 1.40 bits per heavy atom. The van der Waals surface area contributed by atoms with Crippen LogP contribution in [0.3, 0.4) is 0 Å². The summed E-state index contributed by atoms with van der Waals surface area (Å²) < 4.78 is 24.6. The van der Waals surface area contributed by atoms with Crippen LogP contribution in [-0.4, -0.2) is 44.7 Å². The summed E-state index contributed by atoms with van der Waals surface area (Å²) in [7, 11) is -3.05. The van der Waals surface area contributed by atoms with Crippen LogP contribution in [0.5, 0.6) is 0 Å². The van der Waals surface area contributed by atoms with E-state index in [1.54, 1.807) is 0 Å². The molecule has 4 nitrogen and oxygen atoms in total. The first-order chi connectivity index (χ1) is 6.90. The lowest BCUT2D eigenvalue weighted by Crippen LogP contribution is -2.49. The number of sulfonamides is 1. The van der Waals surface area contributed by atoms with E-state index in [1.165, 1.54) is 19.1 Å². The van der Waals surface area contributed by atoms with E-state index in [-0.39, 0.29) is 0 Å². The fraction of sp³-hybridized carbons (Fsp3) is 1.00. The van der Waals surface area contributed by atoms with Crippen molar-refractivity contribution in [3.8, 4) is 0 Å². The predicted octanol–water partition coefficient (Wildman–Crippen LogP) is 0.798.